The van der Waals surface area contributed by atoms with E-state index in [1.807, 2.05) is 42.5 Å². The zero-order valence-electron chi connectivity index (χ0n) is 20.4. The zero-order valence-corrected chi connectivity index (χ0v) is 22.7. The highest BCUT2D eigenvalue weighted by atomic mass is 35.5. The van der Waals surface area contributed by atoms with Crippen LogP contribution in [-0.2, 0) is 19.4 Å². The molecule has 6 nitrogen and oxygen atoms in total. The number of benzene rings is 3. The summed E-state index contributed by atoms with van der Waals surface area (Å²) in [6.45, 7) is 0.431. The van der Waals surface area contributed by atoms with Crippen LogP contribution in [0.1, 0.15) is 44.8 Å². The van der Waals surface area contributed by atoms with Crippen molar-refractivity contribution in [1.82, 2.24) is 5.32 Å². The zero-order chi connectivity index (χ0) is 26.5. The first-order chi connectivity index (χ1) is 18.5. The van der Waals surface area contributed by atoms with Gasteiger partial charge in [0.1, 0.15) is 5.00 Å². The number of carbonyl (C=O) groups is 1. The quantitative estimate of drug-likeness (QED) is 0.134. The van der Waals surface area contributed by atoms with Gasteiger partial charge in [0.25, 0.3) is 11.6 Å². The summed E-state index contributed by atoms with van der Waals surface area (Å²) >= 11 is 9.04. The van der Waals surface area contributed by atoms with E-state index >= 15 is 0 Å². The molecule has 1 aliphatic carbocycles. The first-order valence-corrected chi connectivity index (χ1v) is 14.2. The van der Waals surface area contributed by atoms with E-state index in [0.717, 1.165) is 46.6 Å². The second kappa shape index (κ2) is 11.9. The van der Waals surface area contributed by atoms with E-state index in [1.165, 1.54) is 40.1 Å². The Hall–Kier alpha value is -3.46. The number of carbonyl (C=O) groups excluding carboxylic acids is 1. The number of fused-ring (bicyclic) bond motifs is 1. The van der Waals surface area contributed by atoms with Crippen LogP contribution in [0.4, 0.5) is 10.7 Å². The lowest BCUT2D eigenvalue weighted by molar-refractivity contribution is -0.384. The Morgan fingerprint density at radius 1 is 1.08 bits per heavy atom. The van der Waals surface area contributed by atoms with Gasteiger partial charge in [0.15, 0.2) is 0 Å². The third-order valence-corrected chi connectivity index (χ3v) is 8.79. The van der Waals surface area contributed by atoms with Gasteiger partial charge in [-0.1, -0.05) is 53.7 Å². The summed E-state index contributed by atoms with van der Waals surface area (Å²) in [6.07, 6.45) is 5.55. The number of hydrogen-bond donors (Lipinski definition) is 1. The number of non-ortho nitro benzene ring substituents is 1. The number of rotatable bonds is 8. The number of halogens is 1. The predicted molar refractivity (Wildman–Crippen MR) is 154 cm³/mol. The van der Waals surface area contributed by atoms with Crippen LogP contribution in [0.3, 0.4) is 0 Å². The number of nitro benzene ring substituents is 1. The first kappa shape index (κ1) is 26.2. The minimum Gasteiger partial charge on any atom is -0.348 e. The second-order valence-electron chi connectivity index (χ2n) is 8.85. The number of amides is 1. The normalized spacial score (nSPS) is 12.9. The number of nitrogens with one attached hydrogen (secondary N) is 1. The lowest BCUT2D eigenvalue weighted by atomic mass is 9.95. The van der Waals surface area contributed by atoms with Crippen LogP contribution in [0, 0.1) is 10.1 Å². The number of aliphatic imine (C=N–C) groups is 1. The molecule has 0 unspecified atom stereocenters. The molecule has 3 aromatic carbocycles. The summed E-state index contributed by atoms with van der Waals surface area (Å²) < 4.78 is 0. The highest BCUT2D eigenvalue weighted by Gasteiger charge is 2.25. The molecule has 1 heterocycles. The number of hydrogen-bond acceptors (Lipinski definition) is 6. The smallest absolute Gasteiger partial charge is 0.270 e. The highest BCUT2D eigenvalue weighted by molar-refractivity contribution is 7.99. The van der Waals surface area contributed by atoms with E-state index in [0.29, 0.717) is 27.7 Å². The summed E-state index contributed by atoms with van der Waals surface area (Å²) in [5, 5.41) is 15.8. The van der Waals surface area contributed by atoms with Crippen LogP contribution in [0.2, 0.25) is 5.02 Å². The minimum atomic E-state index is -0.416. The molecule has 5 rings (SSSR count). The number of thiophene rings is 1. The predicted octanol–water partition coefficient (Wildman–Crippen LogP) is 8.02. The lowest BCUT2D eigenvalue weighted by Gasteiger charge is -2.13. The molecular weight excluding hydrogens is 538 g/mol. The molecule has 0 aliphatic heterocycles. The van der Waals surface area contributed by atoms with Crippen molar-refractivity contribution in [3.63, 3.8) is 0 Å². The topological polar surface area (TPSA) is 84.6 Å². The Balaban J connectivity index is 1.47. The van der Waals surface area contributed by atoms with Crippen molar-refractivity contribution in [2.75, 3.05) is 0 Å². The molecule has 0 saturated carbocycles. The molecule has 38 heavy (non-hydrogen) atoms. The van der Waals surface area contributed by atoms with Gasteiger partial charge in [0.2, 0.25) is 0 Å². The number of aryl methyl sites for hydroxylation is 1. The fourth-order valence-corrected chi connectivity index (χ4v) is 6.59. The van der Waals surface area contributed by atoms with Gasteiger partial charge in [-0.25, -0.2) is 4.99 Å². The second-order valence-corrected chi connectivity index (χ2v) is 11.5. The standard InChI is InChI=1S/C29H24ClN3O3S2/c30-21-10-13-23(14-11-21)37-25-15-12-22(33(35)36)16-20(25)18-32-29-27(24-8-4-5-9-26(24)38-29)28(34)31-17-19-6-2-1-3-7-19/h1-3,6-7,10-16,18H,4-5,8-9,17H2,(H,31,34). The first-order valence-electron chi connectivity index (χ1n) is 12.2. The Morgan fingerprint density at radius 3 is 2.61 bits per heavy atom. The molecule has 1 aliphatic rings. The average molecular weight is 562 g/mol. The average Bonchev–Trinajstić information content (AvgIpc) is 3.31. The molecule has 1 N–H and O–H groups in total. The maximum atomic E-state index is 13.4. The molecule has 1 aromatic heterocycles. The molecule has 0 atom stereocenters. The summed E-state index contributed by atoms with van der Waals surface area (Å²) in [5.74, 6) is -0.143. The van der Waals surface area contributed by atoms with Crippen LogP contribution in [0.15, 0.2) is 87.6 Å². The van der Waals surface area contributed by atoms with Gasteiger partial charge in [-0.3, -0.25) is 14.9 Å². The molecule has 4 aromatic rings. The van der Waals surface area contributed by atoms with E-state index in [4.69, 9.17) is 16.6 Å². The minimum absolute atomic E-state index is 0.0155. The van der Waals surface area contributed by atoms with Gasteiger partial charge in [-0.2, -0.15) is 0 Å². The molecule has 0 bridgehead atoms. The van der Waals surface area contributed by atoms with Crippen molar-refractivity contribution >= 4 is 57.5 Å². The fraction of sp³-hybridized carbons (Fsp3) is 0.172. The largest absolute Gasteiger partial charge is 0.348 e. The highest BCUT2D eigenvalue weighted by Crippen LogP contribution is 2.40. The van der Waals surface area contributed by atoms with Crippen molar-refractivity contribution in [3.05, 3.63) is 115 Å². The maximum absolute atomic E-state index is 13.4. The van der Waals surface area contributed by atoms with Gasteiger partial charge in [0.05, 0.1) is 10.5 Å². The third kappa shape index (κ3) is 6.15. The van der Waals surface area contributed by atoms with Gasteiger partial charge in [-0.05, 0) is 67.1 Å². The summed E-state index contributed by atoms with van der Waals surface area (Å²) in [4.78, 5) is 32.2. The Labute approximate surface area is 233 Å². The van der Waals surface area contributed by atoms with Gasteiger partial charge in [0, 0.05) is 50.1 Å². The van der Waals surface area contributed by atoms with E-state index in [9.17, 15) is 14.9 Å². The van der Waals surface area contributed by atoms with Crippen LogP contribution in [0.5, 0.6) is 0 Å². The molecule has 0 fully saturated rings. The van der Waals surface area contributed by atoms with Crippen molar-refractivity contribution in [2.24, 2.45) is 4.99 Å². The summed E-state index contributed by atoms with van der Waals surface area (Å²) in [7, 11) is 0. The molecular formula is C29H24ClN3O3S2. The van der Waals surface area contributed by atoms with Crippen molar-refractivity contribution in [1.29, 1.82) is 0 Å². The van der Waals surface area contributed by atoms with E-state index < -0.39 is 4.92 Å². The lowest BCUT2D eigenvalue weighted by Crippen LogP contribution is -2.24. The molecule has 9 heteroatoms. The van der Waals surface area contributed by atoms with Crippen LogP contribution >= 0.6 is 34.7 Å². The van der Waals surface area contributed by atoms with Gasteiger partial charge in [-0.15, -0.1) is 11.3 Å². The van der Waals surface area contributed by atoms with Gasteiger partial charge < -0.3 is 5.32 Å². The van der Waals surface area contributed by atoms with Crippen molar-refractivity contribution < 1.29 is 9.72 Å². The van der Waals surface area contributed by atoms with E-state index in [-0.39, 0.29) is 11.6 Å². The van der Waals surface area contributed by atoms with Crippen LogP contribution in [-0.4, -0.2) is 17.0 Å². The summed E-state index contributed by atoms with van der Waals surface area (Å²) in [6, 6.07) is 21.9. The van der Waals surface area contributed by atoms with Crippen molar-refractivity contribution in [3.8, 4) is 0 Å². The molecule has 1 amide bonds. The maximum Gasteiger partial charge on any atom is 0.270 e. The molecule has 192 valence electrons. The number of nitro groups is 1. The SMILES string of the molecule is O=C(NCc1ccccc1)c1c(N=Cc2cc([N+](=O)[O-])ccc2Sc2ccc(Cl)cc2)sc2c1CCCC2. The Morgan fingerprint density at radius 2 is 1.84 bits per heavy atom. The summed E-state index contributed by atoms with van der Waals surface area (Å²) in [5.41, 5.74) is 3.32. The van der Waals surface area contributed by atoms with Gasteiger partial charge >= 0.3 is 0 Å². The van der Waals surface area contributed by atoms with E-state index in [2.05, 4.69) is 5.32 Å². The van der Waals surface area contributed by atoms with Crippen LogP contribution < -0.4 is 5.32 Å². The Bertz CT molecular complexity index is 1500. The fourth-order valence-electron chi connectivity index (χ4n) is 4.34. The van der Waals surface area contributed by atoms with Crippen LogP contribution in [0.25, 0.3) is 0 Å². The van der Waals surface area contributed by atoms with Crippen molar-refractivity contribution in [2.45, 2.75) is 42.0 Å². The molecule has 0 spiro atoms. The Kier molecular flexibility index (Phi) is 8.22. The third-order valence-electron chi connectivity index (χ3n) is 6.24. The molecule has 0 saturated heterocycles. The van der Waals surface area contributed by atoms with E-state index in [1.54, 1.807) is 24.4 Å². The number of nitrogens with zero attached hydrogens (tertiary/aromatic N) is 2. The monoisotopic (exact) mass is 561 g/mol. The molecule has 0 radical (unpaired) electrons.